The Kier molecular flexibility index (Phi) is 10.6. The number of cyclic esters (lactones) is 1. The average Bonchev–Trinajstić information content (AvgIpc) is 3.27. The topological polar surface area (TPSA) is 96.4 Å². The zero-order valence-corrected chi connectivity index (χ0v) is 24.5. The Balaban J connectivity index is 0.00000450. The minimum absolute atomic E-state index is 0. The van der Waals surface area contributed by atoms with Crippen LogP contribution in [0, 0.1) is 23.8 Å². The maximum Gasteiger partial charge on any atom is 1.00 e. The number of aliphatic hydroxyl groups is 2. The fraction of sp³-hybridized carbons (Fsp3) is 0.826. The second kappa shape index (κ2) is 11.1. The molecule has 2 fully saturated rings. The van der Waals surface area contributed by atoms with Crippen molar-refractivity contribution >= 4 is 11.8 Å². The van der Waals surface area contributed by atoms with Crippen molar-refractivity contribution in [2.45, 2.75) is 104 Å². The van der Waals surface area contributed by atoms with Gasteiger partial charge in [0.2, 0.25) is 0 Å². The number of carbonyl (C=O) groups is 2. The first-order valence-electron chi connectivity index (χ1n) is 10.7. The van der Waals surface area contributed by atoms with Crippen molar-refractivity contribution in [2.75, 3.05) is 0 Å². The van der Waals surface area contributed by atoms with E-state index in [1.807, 2.05) is 13.8 Å². The predicted octanol–water partition coefficient (Wildman–Crippen LogP) is -0.00761. The van der Waals surface area contributed by atoms with Gasteiger partial charge in [-0.2, -0.15) is 0 Å². The molecule has 0 amide bonds. The van der Waals surface area contributed by atoms with Gasteiger partial charge in [-0.25, -0.2) is 5.57 Å². The van der Waals surface area contributed by atoms with Gasteiger partial charge in [0.15, 0.2) is 0 Å². The van der Waals surface area contributed by atoms with E-state index in [0.29, 0.717) is 12.0 Å². The van der Waals surface area contributed by atoms with Crippen LogP contribution >= 0.6 is 0 Å². The quantitative estimate of drug-likeness (QED) is 0.302. The molecule has 6 nitrogen and oxygen atoms in total. The number of ketones is 1. The Bertz CT molecular complexity index is 648. The second-order valence-electron chi connectivity index (χ2n) is 9.83. The summed E-state index contributed by atoms with van der Waals surface area (Å²) in [6, 6.07) is 0. The van der Waals surface area contributed by atoms with Gasteiger partial charge in [0.25, 0.3) is 0 Å². The summed E-state index contributed by atoms with van der Waals surface area (Å²) in [6.07, 6.45) is -0.0606. The van der Waals surface area contributed by atoms with Crippen molar-refractivity contribution in [3.8, 4) is 0 Å². The van der Waals surface area contributed by atoms with Gasteiger partial charge in [0, 0.05) is 12.3 Å². The van der Waals surface area contributed by atoms with Crippen LogP contribution in [0.1, 0.15) is 73.6 Å². The molecule has 166 valence electrons. The van der Waals surface area contributed by atoms with Crippen molar-refractivity contribution in [3.63, 3.8) is 0 Å². The molecular weight excluding hydrogens is 458 g/mol. The van der Waals surface area contributed by atoms with Crippen LogP contribution in [-0.4, -0.2) is 52.0 Å². The van der Waals surface area contributed by atoms with Crippen molar-refractivity contribution in [2.24, 2.45) is 17.3 Å². The van der Waals surface area contributed by atoms with Crippen molar-refractivity contribution in [1.82, 2.24) is 0 Å². The largest absolute Gasteiger partial charge is 1.00 e. The van der Waals surface area contributed by atoms with Gasteiger partial charge in [-0.05, 0) is 25.7 Å². The van der Waals surface area contributed by atoms with Crippen LogP contribution in [0.3, 0.4) is 0 Å². The first-order valence-corrected chi connectivity index (χ1v) is 10.7. The zero-order chi connectivity index (χ0) is 22.1. The molecule has 2 saturated heterocycles. The van der Waals surface area contributed by atoms with Crippen LogP contribution in [0.4, 0.5) is 0 Å². The van der Waals surface area contributed by atoms with Crippen molar-refractivity contribution in [3.05, 3.63) is 12.2 Å². The summed E-state index contributed by atoms with van der Waals surface area (Å²) in [5, 5.41) is 21.3. The van der Waals surface area contributed by atoms with Gasteiger partial charge in [-0.3, -0.25) is 9.59 Å². The number of hydrogen-bond acceptors (Lipinski definition) is 6. The molecule has 2 rings (SSSR count). The molecule has 2 N–H and O–H groups in total. The Morgan fingerprint density at radius 2 is 1.77 bits per heavy atom. The van der Waals surface area contributed by atoms with Crippen molar-refractivity contribution < 1.29 is 87.5 Å². The zero-order valence-electron chi connectivity index (χ0n) is 19.6. The number of Topliss-reactive ketones (excluding diaryl/α,β-unsaturated/α-hetero) is 1. The van der Waals surface area contributed by atoms with E-state index in [1.165, 1.54) is 0 Å². The minimum atomic E-state index is -1.22. The van der Waals surface area contributed by atoms with Crippen LogP contribution < -0.4 is 58.2 Å². The number of rotatable bonds is 1. The number of epoxide rings is 1. The molecule has 0 aromatic heterocycles. The van der Waals surface area contributed by atoms with Gasteiger partial charge >= 0.3 is 64.2 Å². The summed E-state index contributed by atoms with van der Waals surface area (Å²) < 4.78 is 11.4. The molecule has 0 unspecified atom stereocenters. The SMILES string of the molecule is [CH-]=C(C)[C@@H]1C[C@@H]2O[C@]2(C)CCC[C@H](C)[C@H](O)[C@@H](C)C(=O)C(C)(C)[C@@H](O)CC(=O)O1.[Rb+]. The Labute approximate surface area is 229 Å². The van der Waals surface area contributed by atoms with Crippen LogP contribution in [0.15, 0.2) is 5.57 Å². The molecule has 0 saturated carbocycles. The Morgan fingerprint density at radius 3 is 2.33 bits per heavy atom. The molecule has 2 aliphatic rings. The molecule has 0 aromatic rings. The summed E-state index contributed by atoms with van der Waals surface area (Å²) in [4.78, 5) is 25.4. The molecule has 0 radical (unpaired) electrons. The number of carbonyl (C=O) groups excluding carboxylic acids is 2. The third kappa shape index (κ3) is 6.78. The van der Waals surface area contributed by atoms with E-state index in [9.17, 15) is 19.8 Å². The number of fused-ring (bicyclic) bond motifs is 1. The van der Waals surface area contributed by atoms with Gasteiger partial charge in [0.05, 0.1) is 41.9 Å². The van der Waals surface area contributed by atoms with Crippen LogP contribution in [-0.2, 0) is 19.1 Å². The first kappa shape index (κ1) is 28.6. The average molecular weight is 495 g/mol. The summed E-state index contributed by atoms with van der Waals surface area (Å²) in [6.45, 7) is 16.5. The Hall–Kier alpha value is 0.565. The maximum atomic E-state index is 13.0. The molecule has 7 heteroatoms. The molecule has 0 bridgehead atoms. The maximum absolute atomic E-state index is 13.0. The molecule has 0 spiro atoms. The van der Waals surface area contributed by atoms with Gasteiger partial charge in [-0.1, -0.05) is 41.0 Å². The van der Waals surface area contributed by atoms with Crippen LogP contribution in [0.2, 0.25) is 0 Å². The fourth-order valence-corrected chi connectivity index (χ4v) is 4.29. The van der Waals surface area contributed by atoms with Crippen LogP contribution in [0.25, 0.3) is 0 Å². The third-order valence-corrected chi connectivity index (χ3v) is 6.91. The number of esters is 1. The summed E-state index contributed by atoms with van der Waals surface area (Å²) in [5.74, 6) is -1.58. The molecule has 0 aromatic carbocycles. The molecule has 0 aliphatic carbocycles. The van der Waals surface area contributed by atoms with E-state index in [0.717, 1.165) is 19.3 Å². The van der Waals surface area contributed by atoms with E-state index in [1.54, 1.807) is 27.7 Å². The smallest absolute Gasteiger partial charge is 0.511 e. The fourth-order valence-electron chi connectivity index (χ4n) is 4.29. The summed E-state index contributed by atoms with van der Waals surface area (Å²) in [7, 11) is 0. The van der Waals surface area contributed by atoms with Gasteiger partial charge in [0.1, 0.15) is 5.78 Å². The van der Waals surface area contributed by atoms with E-state index in [4.69, 9.17) is 16.1 Å². The predicted molar refractivity (Wildman–Crippen MR) is 109 cm³/mol. The van der Waals surface area contributed by atoms with Gasteiger partial charge in [-0.15, -0.1) is 0 Å². The van der Waals surface area contributed by atoms with E-state index < -0.39 is 35.6 Å². The first-order chi connectivity index (χ1) is 13.3. The molecule has 30 heavy (non-hydrogen) atoms. The molecule has 2 aliphatic heterocycles. The molecular formula is C23H37O6Rb. The van der Waals surface area contributed by atoms with E-state index in [-0.39, 0.29) is 88.0 Å². The molecule has 2 heterocycles. The monoisotopic (exact) mass is 494 g/mol. The second-order valence-corrected chi connectivity index (χ2v) is 9.83. The summed E-state index contributed by atoms with van der Waals surface area (Å²) in [5.41, 5.74) is -0.997. The summed E-state index contributed by atoms with van der Waals surface area (Å²) >= 11 is 0. The number of ether oxygens (including phenoxy) is 2. The van der Waals surface area contributed by atoms with E-state index >= 15 is 0 Å². The third-order valence-electron chi connectivity index (χ3n) is 6.91. The Morgan fingerprint density at radius 1 is 1.17 bits per heavy atom. The minimum Gasteiger partial charge on any atom is -0.511 e. The van der Waals surface area contributed by atoms with Crippen molar-refractivity contribution in [1.29, 1.82) is 0 Å². The van der Waals surface area contributed by atoms with Crippen LogP contribution in [0.5, 0.6) is 0 Å². The molecule has 7 atom stereocenters. The van der Waals surface area contributed by atoms with E-state index in [2.05, 4.69) is 0 Å². The number of aliphatic hydroxyl groups excluding tert-OH is 2. The normalized spacial score (nSPS) is 40.5. The van der Waals surface area contributed by atoms with Gasteiger partial charge < -0.3 is 26.3 Å². The standard InChI is InChI=1S/C23H37O6.Rb/c1-13(2)16-11-18-23(7,29-18)10-8-9-14(3)20(26)15(4)21(27)22(5,6)17(24)12-19(25)28-16;/h1,14-18,20,24,26H,8-12H2,2-7H3;/q-1;+1/t14-,15+,16-,17-,18-,20-,23+;/m0./s1. The number of hydrogen-bond donors (Lipinski definition) is 2.